The summed E-state index contributed by atoms with van der Waals surface area (Å²) in [4.78, 5) is 3.96. The standard InChI is InChI=1S/C11H14ClNO2/c12-10-4-3-8(6-13-10)11(14)9-2-1-5-15-7-9/h3-4,6,9,11,14H,1-2,5,7H2. The summed E-state index contributed by atoms with van der Waals surface area (Å²) >= 11 is 5.68. The average molecular weight is 228 g/mol. The molecule has 0 aliphatic carbocycles. The van der Waals surface area contributed by atoms with Crippen molar-refractivity contribution < 1.29 is 9.84 Å². The molecular formula is C11H14ClNO2. The molecule has 0 aromatic carbocycles. The molecule has 82 valence electrons. The topological polar surface area (TPSA) is 42.4 Å². The highest BCUT2D eigenvalue weighted by molar-refractivity contribution is 6.29. The Morgan fingerprint density at radius 1 is 1.53 bits per heavy atom. The zero-order valence-corrected chi connectivity index (χ0v) is 9.15. The molecule has 0 amide bonds. The molecule has 1 N–H and O–H groups in total. The van der Waals surface area contributed by atoms with Gasteiger partial charge in [-0.1, -0.05) is 17.7 Å². The molecule has 4 heteroatoms. The van der Waals surface area contributed by atoms with E-state index in [1.54, 1.807) is 12.3 Å². The second-order valence-corrected chi connectivity index (χ2v) is 4.22. The predicted molar refractivity (Wildman–Crippen MR) is 57.7 cm³/mol. The maximum Gasteiger partial charge on any atom is 0.129 e. The fourth-order valence-corrected chi connectivity index (χ4v) is 1.96. The van der Waals surface area contributed by atoms with Crippen LogP contribution in [0, 0.1) is 5.92 Å². The van der Waals surface area contributed by atoms with Crippen LogP contribution < -0.4 is 0 Å². The van der Waals surface area contributed by atoms with E-state index in [1.165, 1.54) is 0 Å². The summed E-state index contributed by atoms with van der Waals surface area (Å²) < 4.78 is 5.34. The summed E-state index contributed by atoms with van der Waals surface area (Å²) in [5.74, 6) is 0.182. The number of ether oxygens (including phenoxy) is 1. The lowest BCUT2D eigenvalue weighted by molar-refractivity contribution is -0.0101. The summed E-state index contributed by atoms with van der Waals surface area (Å²) in [6, 6.07) is 3.51. The van der Waals surface area contributed by atoms with Crippen LogP contribution in [-0.4, -0.2) is 23.3 Å². The molecule has 1 saturated heterocycles. The summed E-state index contributed by atoms with van der Waals surface area (Å²) in [5, 5.41) is 10.5. The van der Waals surface area contributed by atoms with Crippen LogP contribution in [-0.2, 0) is 4.74 Å². The van der Waals surface area contributed by atoms with E-state index < -0.39 is 6.10 Å². The maximum atomic E-state index is 10.1. The molecule has 2 heterocycles. The van der Waals surface area contributed by atoms with Crippen molar-refractivity contribution in [2.45, 2.75) is 18.9 Å². The first-order valence-corrected chi connectivity index (χ1v) is 5.52. The molecular weight excluding hydrogens is 214 g/mol. The lowest BCUT2D eigenvalue weighted by Crippen LogP contribution is -2.23. The summed E-state index contributed by atoms with van der Waals surface area (Å²) in [6.45, 7) is 1.44. The van der Waals surface area contributed by atoms with E-state index in [4.69, 9.17) is 16.3 Å². The second-order valence-electron chi connectivity index (χ2n) is 3.84. The van der Waals surface area contributed by atoms with Crippen molar-refractivity contribution in [3.05, 3.63) is 29.0 Å². The highest BCUT2D eigenvalue weighted by Gasteiger charge is 2.23. The van der Waals surface area contributed by atoms with Crippen molar-refractivity contribution in [1.29, 1.82) is 0 Å². The molecule has 1 aliphatic rings. The zero-order chi connectivity index (χ0) is 10.7. The molecule has 0 spiro atoms. The van der Waals surface area contributed by atoms with E-state index in [0.717, 1.165) is 25.0 Å². The maximum absolute atomic E-state index is 10.1. The Morgan fingerprint density at radius 2 is 2.40 bits per heavy atom. The first-order valence-electron chi connectivity index (χ1n) is 5.14. The number of hydrogen-bond donors (Lipinski definition) is 1. The fourth-order valence-electron chi connectivity index (χ4n) is 1.85. The first-order chi connectivity index (χ1) is 7.27. The minimum absolute atomic E-state index is 0.182. The third kappa shape index (κ3) is 2.68. The van der Waals surface area contributed by atoms with Crippen molar-refractivity contribution in [2.24, 2.45) is 5.92 Å². The van der Waals surface area contributed by atoms with Gasteiger partial charge in [-0.05, 0) is 24.5 Å². The minimum Gasteiger partial charge on any atom is -0.388 e. The number of aliphatic hydroxyl groups is 1. The normalized spacial score (nSPS) is 23.7. The Morgan fingerprint density at radius 3 is 3.00 bits per heavy atom. The third-order valence-electron chi connectivity index (χ3n) is 2.73. The molecule has 3 nitrogen and oxygen atoms in total. The molecule has 1 aliphatic heterocycles. The minimum atomic E-state index is -0.491. The predicted octanol–water partition coefficient (Wildman–Crippen LogP) is 2.19. The molecule has 2 unspecified atom stereocenters. The van der Waals surface area contributed by atoms with Crippen LogP contribution in [0.4, 0.5) is 0 Å². The molecule has 1 aromatic rings. The van der Waals surface area contributed by atoms with E-state index >= 15 is 0 Å². The monoisotopic (exact) mass is 227 g/mol. The summed E-state index contributed by atoms with van der Waals surface area (Å²) in [6.07, 6.45) is 3.16. The summed E-state index contributed by atoms with van der Waals surface area (Å²) in [5.41, 5.74) is 0.815. The Hall–Kier alpha value is -0.640. The number of rotatable bonds is 2. The Labute approximate surface area is 94.0 Å². The number of pyridine rings is 1. The van der Waals surface area contributed by atoms with Gasteiger partial charge in [-0.2, -0.15) is 0 Å². The van der Waals surface area contributed by atoms with E-state index in [2.05, 4.69) is 4.98 Å². The van der Waals surface area contributed by atoms with E-state index in [9.17, 15) is 5.11 Å². The number of hydrogen-bond acceptors (Lipinski definition) is 3. The van der Waals surface area contributed by atoms with Crippen LogP contribution in [0.2, 0.25) is 5.15 Å². The molecule has 1 aromatic heterocycles. The van der Waals surface area contributed by atoms with Gasteiger partial charge in [0.1, 0.15) is 5.15 Å². The van der Waals surface area contributed by atoms with Crippen molar-refractivity contribution in [2.75, 3.05) is 13.2 Å². The number of nitrogens with zero attached hydrogens (tertiary/aromatic N) is 1. The van der Waals surface area contributed by atoms with Gasteiger partial charge in [0.05, 0.1) is 12.7 Å². The van der Waals surface area contributed by atoms with E-state index in [1.807, 2.05) is 6.07 Å². The van der Waals surface area contributed by atoms with Gasteiger partial charge in [-0.3, -0.25) is 0 Å². The molecule has 0 bridgehead atoms. The van der Waals surface area contributed by atoms with Gasteiger partial charge in [0.15, 0.2) is 0 Å². The Kier molecular flexibility index (Phi) is 3.57. The van der Waals surface area contributed by atoms with E-state index in [-0.39, 0.29) is 5.92 Å². The smallest absolute Gasteiger partial charge is 0.129 e. The van der Waals surface area contributed by atoms with Crippen LogP contribution in [0.15, 0.2) is 18.3 Å². The van der Waals surface area contributed by atoms with Crippen LogP contribution in [0.1, 0.15) is 24.5 Å². The van der Waals surface area contributed by atoms with Crippen LogP contribution >= 0.6 is 11.6 Å². The lowest BCUT2D eigenvalue weighted by Gasteiger charge is -2.26. The molecule has 15 heavy (non-hydrogen) atoms. The number of aliphatic hydroxyl groups excluding tert-OH is 1. The third-order valence-corrected chi connectivity index (χ3v) is 2.96. The van der Waals surface area contributed by atoms with Crippen LogP contribution in [0.25, 0.3) is 0 Å². The molecule has 2 rings (SSSR count). The first kappa shape index (κ1) is 10.9. The molecule has 0 saturated carbocycles. The second kappa shape index (κ2) is 4.92. The zero-order valence-electron chi connectivity index (χ0n) is 8.40. The van der Waals surface area contributed by atoms with Crippen molar-refractivity contribution in [1.82, 2.24) is 4.98 Å². The van der Waals surface area contributed by atoms with E-state index in [0.29, 0.717) is 11.8 Å². The van der Waals surface area contributed by atoms with Crippen LogP contribution in [0.3, 0.4) is 0 Å². The van der Waals surface area contributed by atoms with Crippen molar-refractivity contribution in [3.63, 3.8) is 0 Å². The Bertz CT molecular complexity index is 309. The quantitative estimate of drug-likeness (QED) is 0.788. The molecule has 2 atom stereocenters. The van der Waals surface area contributed by atoms with Gasteiger partial charge in [-0.15, -0.1) is 0 Å². The summed E-state index contributed by atoms with van der Waals surface area (Å²) in [7, 11) is 0. The highest BCUT2D eigenvalue weighted by Crippen LogP contribution is 2.28. The number of aromatic nitrogens is 1. The van der Waals surface area contributed by atoms with Gasteiger partial charge in [0.2, 0.25) is 0 Å². The van der Waals surface area contributed by atoms with Gasteiger partial charge in [0.25, 0.3) is 0 Å². The Balaban J connectivity index is 2.05. The fraction of sp³-hybridized carbons (Fsp3) is 0.545. The van der Waals surface area contributed by atoms with Gasteiger partial charge in [-0.25, -0.2) is 4.98 Å². The van der Waals surface area contributed by atoms with Gasteiger partial charge in [0, 0.05) is 18.7 Å². The molecule has 1 fully saturated rings. The van der Waals surface area contributed by atoms with Crippen molar-refractivity contribution >= 4 is 11.6 Å². The molecule has 0 radical (unpaired) electrons. The largest absolute Gasteiger partial charge is 0.388 e. The van der Waals surface area contributed by atoms with Gasteiger partial charge < -0.3 is 9.84 Å². The van der Waals surface area contributed by atoms with Gasteiger partial charge >= 0.3 is 0 Å². The van der Waals surface area contributed by atoms with Crippen molar-refractivity contribution in [3.8, 4) is 0 Å². The SMILES string of the molecule is OC(c1ccc(Cl)nc1)C1CCCOC1. The number of halogens is 1. The lowest BCUT2D eigenvalue weighted by atomic mass is 9.92. The highest BCUT2D eigenvalue weighted by atomic mass is 35.5. The van der Waals surface area contributed by atoms with Crippen LogP contribution in [0.5, 0.6) is 0 Å². The average Bonchev–Trinajstić information content (AvgIpc) is 2.30.